The number of fused-ring (bicyclic) bond motifs is 1. The molecule has 0 unspecified atom stereocenters. The SMILES string of the molecule is COc1ccc2cc(C(=O)CN)ccc2c1Br. The maximum Gasteiger partial charge on any atom is 0.176 e. The lowest BCUT2D eigenvalue weighted by Crippen LogP contribution is -2.13. The number of halogens is 1. The Morgan fingerprint density at radius 1 is 1.35 bits per heavy atom. The number of hydrogen-bond donors (Lipinski definition) is 1. The summed E-state index contributed by atoms with van der Waals surface area (Å²) in [5, 5.41) is 2.00. The molecule has 0 heterocycles. The molecule has 0 spiro atoms. The highest BCUT2D eigenvalue weighted by Gasteiger charge is 2.08. The maximum absolute atomic E-state index is 11.5. The monoisotopic (exact) mass is 293 g/mol. The predicted octanol–water partition coefficient (Wildman–Crippen LogP) is 2.75. The quantitative estimate of drug-likeness (QED) is 0.886. The second-order valence-corrected chi connectivity index (χ2v) is 4.44. The zero-order valence-electron chi connectivity index (χ0n) is 9.37. The fourth-order valence-corrected chi connectivity index (χ4v) is 2.38. The summed E-state index contributed by atoms with van der Waals surface area (Å²) in [5.41, 5.74) is 5.98. The number of ether oxygens (including phenoxy) is 1. The van der Waals surface area contributed by atoms with Gasteiger partial charge in [0.15, 0.2) is 5.78 Å². The van der Waals surface area contributed by atoms with Crippen LogP contribution in [0, 0.1) is 0 Å². The van der Waals surface area contributed by atoms with E-state index in [1.54, 1.807) is 13.2 Å². The molecule has 0 saturated carbocycles. The van der Waals surface area contributed by atoms with Gasteiger partial charge in [-0.05, 0) is 38.8 Å². The maximum atomic E-state index is 11.5. The molecule has 2 rings (SSSR count). The highest BCUT2D eigenvalue weighted by atomic mass is 79.9. The fourth-order valence-electron chi connectivity index (χ4n) is 1.72. The van der Waals surface area contributed by atoms with Crippen molar-refractivity contribution in [2.45, 2.75) is 0 Å². The molecule has 0 radical (unpaired) electrons. The molecule has 17 heavy (non-hydrogen) atoms. The number of hydrogen-bond acceptors (Lipinski definition) is 3. The summed E-state index contributed by atoms with van der Waals surface area (Å²) in [6.07, 6.45) is 0. The number of carbonyl (C=O) groups is 1. The number of carbonyl (C=O) groups excluding carboxylic acids is 1. The van der Waals surface area contributed by atoms with Gasteiger partial charge in [-0.15, -0.1) is 0 Å². The molecule has 88 valence electrons. The molecule has 2 aromatic rings. The zero-order chi connectivity index (χ0) is 12.4. The number of methoxy groups -OCH3 is 1. The van der Waals surface area contributed by atoms with E-state index in [9.17, 15) is 4.79 Å². The molecule has 0 amide bonds. The summed E-state index contributed by atoms with van der Waals surface area (Å²) in [5.74, 6) is 0.717. The molecule has 4 heteroatoms. The summed E-state index contributed by atoms with van der Waals surface area (Å²) < 4.78 is 6.11. The standard InChI is InChI=1S/C13H12BrNO2/c1-17-12-5-3-8-6-9(11(16)7-15)2-4-10(8)13(12)14/h2-6H,7,15H2,1H3. The van der Waals surface area contributed by atoms with E-state index in [0.717, 1.165) is 21.0 Å². The molecule has 0 saturated heterocycles. The lowest BCUT2D eigenvalue weighted by atomic mass is 10.0. The average molecular weight is 294 g/mol. The Balaban J connectivity index is 2.61. The minimum absolute atomic E-state index is 0.0306. The number of Topliss-reactive ketones (excluding diaryl/α,β-unsaturated/α-hetero) is 1. The summed E-state index contributed by atoms with van der Waals surface area (Å²) in [6, 6.07) is 9.30. The third-order valence-corrected chi connectivity index (χ3v) is 3.46. The van der Waals surface area contributed by atoms with E-state index >= 15 is 0 Å². The van der Waals surface area contributed by atoms with E-state index in [1.165, 1.54) is 0 Å². The van der Waals surface area contributed by atoms with Crippen molar-refractivity contribution in [2.24, 2.45) is 5.73 Å². The van der Waals surface area contributed by atoms with Crippen LogP contribution in [0.15, 0.2) is 34.8 Å². The Labute approximate surface area is 108 Å². The van der Waals surface area contributed by atoms with Crippen LogP contribution in [0.1, 0.15) is 10.4 Å². The van der Waals surface area contributed by atoms with E-state index < -0.39 is 0 Å². The lowest BCUT2D eigenvalue weighted by Gasteiger charge is -2.07. The first-order valence-electron chi connectivity index (χ1n) is 5.17. The Morgan fingerprint density at radius 2 is 2.12 bits per heavy atom. The van der Waals surface area contributed by atoms with Crippen LogP contribution in [-0.4, -0.2) is 19.4 Å². The number of nitrogens with two attached hydrogens (primary N) is 1. The van der Waals surface area contributed by atoms with Crippen molar-refractivity contribution in [1.82, 2.24) is 0 Å². The third kappa shape index (κ3) is 2.18. The Bertz CT molecular complexity index is 581. The van der Waals surface area contributed by atoms with Gasteiger partial charge in [0.05, 0.1) is 18.1 Å². The number of rotatable bonds is 3. The lowest BCUT2D eigenvalue weighted by molar-refractivity contribution is 0.100. The van der Waals surface area contributed by atoms with Crippen molar-refractivity contribution in [2.75, 3.05) is 13.7 Å². The first kappa shape index (κ1) is 12.1. The highest BCUT2D eigenvalue weighted by Crippen LogP contribution is 2.33. The minimum atomic E-state index is -0.0566. The predicted molar refractivity (Wildman–Crippen MR) is 71.6 cm³/mol. The van der Waals surface area contributed by atoms with Crippen molar-refractivity contribution in [3.05, 3.63) is 40.4 Å². The molecular weight excluding hydrogens is 282 g/mol. The van der Waals surface area contributed by atoms with E-state index in [-0.39, 0.29) is 12.3 Å². The van der Waals surface area contributed by atoms with E-state index in [4.69, 9.17) is 10.5 Å². The summed E-state index contributed by atoms with van der Waals surface area (Å²) in [7, 11) is 1.62. The van der Waals surface area contributed by atoms with E-state index in [0.29, 0.717) is 5.56 Å². The van der Waals surface area contributed by atoms with Crippen molar-refractivity contribution >= 4 is 32.5 Å². The van der Waals surface area contributed by atoms with Crippen LogP contribution in [0.25, 0.3) is 10.8 Å². The molecule has 0 atom stereocenters. The van der Waals surface area contributed by atoms with Gasteiger partial charge >= 0.3 is 0 Å². The van der Waals surface area contributed by atoms with E-state index in [2.05, 4.69) is 15.9 Å². The van der Waals surface area contributed by atoms with Gasteiger partial charge in [-0.2, -0.15) is 0 Å². The van der Waals surface area contributed by atoms with Gasteiger partial charge in [0.2, 0.25) is 0 Å². The molecular formula is C13H12BrNO2. The van der Waals surface area contributed by atoms with Crippen LogP contribution in [0.2, 0.25) is 0 Å². The summed E-state index contributed by atoms with van der Waals surface area (Å²) in [4.78, 5) is 11.5. The second-order valence-electron chi connectivity index (χ2n) is 3.65. The average Bonchev–Trinajstić information content (AvgIpc) is 2.38. The van der Waals surface area contributed by atoms with E-state index in [1.807, 2.05) is 24.3 Å². The topological polar surface area (TPSA) is 52.3 Å². The largest absolute Gasteiger partial charge is 0.496 e. The number of ketones is 1. The van der Waals surface area contributed by atoms with Crippen molar-refractivity contribution in [3.8, 4) is 5.75 Å². The Morgan fingerprint density at radius 3 is 2.76 bits per heavy atom. The highest BCUT2D eigenvalue weighted by molar-refractivity contribution is 9.10. The molecule has 0 aliphatic heterocycles. The van der Waals surface area contributed by atoms with Gasteiger partial charge in [0, 0.05) is 5.56 Å². The third-order valence-electron chi connectivity index (χ3n) is 2.65. The van der Waals surface area contributed by atoms with Gasteiger partial charge in [0.1, 0.15) is 5.75 Å². The number of benzene rings is 2. The van der Waals surface area contributed by atoms with Crippen molar-refractivity contribution < 1.29 is 9.53 Å². The van der Waals surface area contributed by atoms with Crippen LogP contribution in [-0.2, 0) is 0 Å². The summed E-state index contributed by atoms with van der Waals surface area (Å²) >= 11 is 3.49. The van der Waals surface area contributed by atoms with Gasteiger partial charge < -0.3 is 10.5 Å². The Hall–Kier alpha value is -1.39. The first-order valence-corrected chi connectivity index (χ1v) is 5.96. The van der Waals surface area contributed by atoms with Gasteiger partial charge in [-0.1, -0.05) is 18.2 Å². The minimum Gasteiger partial charge on any atom is -0.496 e. The molecule has 0 aliphatic carbocycles. The molecule has 0 aliphatic rings. The fraction of sp³-hybridized carbons (Fsp3) is 0.154. The van der Waals surface area contributed by atoms with Crippen LogP contribution < -0.4 is 10.5 Å². The van der Waals surface area contributed by atoms with Crippen molar-refractivity contribution in [1.29, 1.82) is 0 Å². The molecule has 0 bridgehead atoms. The van der Waals surface area contributed by atoms with Gasteiger partial charge in [-0.3, -0.25) is 4.79 Å². The van der Waals surface area contributed by atoms with Crippen LogP contribution in [0.4, 0.5) is 0 Å². The van der Waals surface area contributed by atoms with Crippen LogP contribution >= 0.6 is 15.9 Å². The molecule has 0 aromatic heterocycles. The molecule has 3 nitrogen and oxygen atoms in total. The first-order chi connectivity index (χ1) is 8.17. The molecule has 0 fully saturated rings. The van der Waals surface area contributed by atoms with Crippen molar-refractivity contribution in [3.63, 3.8) is 0 Å². The van der Waals surface area contributed by atoms with Crippen LogP contribution in [0.3, 0.4) is 0 Å². The summed E-state index contributed by atoms with van der Waals surface area (Å²) in [6.45, 7) is 0.0306. The second kappa shape index (κ2) is 4.85. The molecule has 2 N–H and O–H groups in total. The Kier molecular flexibility index (Phi) is 3.45. The normalized spacial score (nSPS) is 10.5. The van der Waals surface area contributed by atoms with Gasteiger partial charge in [0.25, 0.3) is 0 Å². The smallest absolute Gasteiger partial charge is 0.176 e. The van der Waals surface area contributed by atoms with Crippen LogP contribution in [0.5, 0.6) is 5.75 Å². The van der Waals surface area contributed by atoms with Gasteiger partial charge in [-0.25, -0.2) is 0 Å². The molecule has 2 aromatic carbocycles. The zero-order valence-corrected chi connectivity index (χ0v) is 11.0.